The zero-order valence-electron chi connectivity index (χ0n) is 11.6. The molecule has 2 heterocycles. The molecule has 0 radical (unpaired) electrons. The molecule has 0 spiro atoms. The van der Waals surface area contributed by atoms with Crippen LogP contribution in [0.2, 0.25) is 0 Å². The van der Waals surface area contributed by atoms with Crippen LogP contribution in [0.25, 0.3) is 0 Å². The summed E-state index contributed by atoms with van der Waals surface area (Å²) >= 11 is 0. The van der Waals surface area contributed by atoms with Crippen LogP contribution < -0.4 is 10.6 Å². The van der Waals surface area contributed by atoms with Crippen LogP contribution in [0.15, 0.2) is 6.33 Å². The van der Waals surface area contributed by atoms with Gasteiger partial charge in [-0.25, -0.2) is 9.97 Å². The fourth-order valence-electron chi connectivity index (χ4n) is 2.08. The van der Waals surface area contributed by atoms with Gasteiger partial charge in [-0.05, 0) is 26.7 Å². The molecule has 0 amide bonds. The molecule has 20 heavy (non-hydrogen) atoms. The lowest BCUT2D eigenvalue weighted by Gasteiger charge is -2.13. The van der Waals surface area contributed by atoms with Crippen LogP contribution in [0.5, 0.6) is 0 Å². The number of aromatic nitrogens is 2. The van der Waals surface area contributed by atoms with E-state index in [4.69, 9.17) is 4.74 Å². The number of nitrogens with one attached hydrogen (secondary N) is 2. The molecule has 1 unspecified atom stereocenters. The second kappa shape index (κ2) is 6.47. The lowest BCUT2D eigenvalue weighted by molar-refractivity contribution is -0.383. The third-order valence-corrected chi connectivity index (χ3v) is 2.95. The second-order valence-electron chi connectivity index (χ2n) is 4.99. The molecule has 8 heteroatoms. The van der Waals surface area contributed by atoms with Crippen molar-refractivity contribution >= 4 is 17.3 Å². The maximum Gasteiger partial charge on any atom is 0.353 e. The molecule has 1 saturated heterocycles. The molecule has 1 atom stereocenters. The summed E-state index contributed by atoms with van der Waals surface area (Å²) in [5, 5.41) is 17.2. The monoisotopic (exact) mass is 281 g/mol. The molecular formula is C12H19N5O3. The Kier molecular flexibility index (Phi) is 4.67. The summed E-state index contributed by atoms with van der Waals surface area (Å²) in [6.07, 6.45) is 3.39. The van der Waals surface area contributed by atoms with Crippen LogP contribution in [0, 0.1) is 10.1 Å². The Morgan fingerprint density at radius 3 is 2.85 bits per heavy atom. The lowest BCUT2D eigenvalue weighted by Crippen LogP contribution is -2.20. The molecule has 0 aliphatic carbocycles. The molecule has 0 aromatic carbocycles. The summed E-state index contributed by atoms with van der Waals surface area (Å²) in [6.45, 7) is 5.05. The minimum atomic E-state index is -0.470. The molecule has 2 N–H and O–H groups in total. The highest BCUT2D eigenvalue weighted by molar-refractivity contribution is 5.69. The summed E-state index contributed by atoms with van der Waals surface area (Å²) in [5.74, 6) is 0.457. The van der Waals surface area contributed by atoms with E-state index in [0.29, 0.717) is 6.54 Å². The van der Waals surface area contributed by atoms with Crippen LogP contribution in [0.1, 0.15) is 26.7 Å². The molecule has 8 nitrogen and oxygen atoms in total. The van der Waals surface area contributed by atoms with Gasteiger partial charge in [0.2, 0.25) is 11.6 Å². The predicted octanol–water partition coefficient (Wildman–Crippen LogP) is 1.80. The highest BCUT2D eigenvalue weighted by Crippen LogP contribution is 2.29. The smallest absolute Gasteiger partial charge is 0.353 e. The average Bonchev–Trinajstić information content (AvgIpc) is 2.88. The van der Waals surface area contributed by atoms with Crippen molar-refractivity contribution in [2.24, 2.45) is 0 Å². The number of nitro groups is 1. The summed E-state index contributed by atoms with van der Waals surface area (Å²) in [5.41, 5.74) is -0.126. The van der Waals surface area contributed by atoms with E-state index in [1.165, 1.54) is 6.33 Å². The minimum Gasteiger partial charge on any atom is -0.376 e. The Balaban J connectivity index is 2.15. The summed E-state index contributed by atoms with van der Waals surface area (Å²) in [4.78, 5) is 18.7. The van der Waals surface area contributed by atoms with Crippen LogP contribution in [-0.2, 0) is 4.74 Å². The number of hydrogen-bond donors (Lipinski definition) is 2. The van der Waals surface area contributed by atoms with Gasteiger partial charge < -0.3 is 15.4 Å². The quantitative estimate of drug-likeness (QED) is 0.605. The standard InChI is InChI=1S/C12H19N5O3/c1-8(2)16-12-10(17(18)19)11(14-7-15-12)13-6-9-4-3-5-20-9/h7-9H,3-6H2,1-2H3,(H2,13,14,15,16). The van der Waals surface area contributed by atoms with Crippen LogP contribution in [0.4, 0.5) is 17.3 Å². The SMILES string of the molecule is CC(C)Nc1ncnc(NCC2CCCO2)c1[N+](=O)[O-]. The van der Waals surface area contributed by atoms with Crippen molar-refractivity contribution in [3.63, 3.8) is 0 Å². The number of hydrogen-bond acceptors (Lipinski definition) is 7. The van der Waals surface area contributed by atoms with Crippen molar-refractivity contribution in [1.29, 1.82) is 0 Å². The van der Waals surface area contributed by atoms with Gasteiger partial charge in [-0.1, -0.05) is 0 Å². The zero-order valence-corrected chi connectivity index (χ0v) is 11.6. The molecule has 1 fully saturated rings. The lowest BCUT2D eigenvalue weighted by atomic mass is 10.2. The number of ether oxygens (including phenoxy) is 1. The van der Waals surface area contributed by atoms with Gasteiger partial charge in [-0.3, -0.25) is 10.1 Å². The Labute approximate surface area is 117 Å². The van der Waals surface area contributed by atoms with E-state index in [-0.39, 0.29) is 29.5 Å². The fourth-order valence-corrected chi connectivity index (χ4v) is 2.08. The van der Waals surface area contributed by atoms with Crippen LogP contribution in [-0.4, -0.2) is 40.2 Å². The Morgan fingerprint density at radius 2 is 2.25 bits per heavy atom. The minimum absolute atomic E-state index is 0.0506. The van der Waals surface area contributed by atoms with E-state index < -0.39 is 4.92 Å². The molecule has 1 aromatic heterocycles. The Morgan fingerprint density at radius 1 is 1.50 bits per heavy atom. The third kappa shape index (κ3) is 3.53. The van der Waals surface area contributed by atoms with Crippen LogP contribution in [0.3, 0.4) is 0 Å². The van der Waals surface area contributed by atoms with Gasteiger partial charge in [-0.15, -0.1) is 0 Å². The molecule has 1 aliphatic heterocycles. The number of rotatable bonds is 6. The highest BCUT2D eigenvalue weighted by Gasteiger charge is 2.24. The fraction of sp³-hybridized carbons (Fsp3) is 0.667. The van der Waals surface area contributed by atoms with Gasteiger partial charge >= 0.3 is 5.69 Å². The van der Waals surface area contributed by atoms with E-state index in [1.54, 1.807) is 0 Å². The highest BCUT2D eigenvalue weighted by atomic mass is 16.6. The molecule has 2 rings (SSSR count). The van der Waals surface area contributed by atoms with Crippen molar-refractivity contribution in [3.05, 3.63) is 16.4 Å². The first kappa shape index (κ1) is 14.4. The van der Waals surface area contributed by atoms with E-state index in [0.717, 1.165) is 19.4 Å². The van der Waals surface area contributed by atoms with Crippen molar-refractivity contribution in [2.75, 3.05) is 23.8 Å². The van der Waals surface area contributed by atoms with E-state index >= 15 is 0 Å². The molecule has 110 valence electrons. The largest absolute Gasteiger partial charge is 0.376 e. The Bertz CT molecular complexity index is 474. The summed E-state index contributed by atoms with van der Waals surface area (Å²) in [6, 6.07) is 0.0506. The maximum atomic E-state index is 11.2. The molecule has 1 aliphatic rings. The molecular weight excluding hydrogens is 262 g/mol. The van der Waals surface area contributed by atoms with Gasteiger partial charge in [-0.2, -0.15) is 0 Å². The summed E-state index contributed by atoms with van der Waals surface area (Å²) in [7, 11) is 0. The average molecular weight is 281 g/mol. The topological polar surface area (TPSA) is 102 Å². The first-order valence-electron chi connectivity index (χ1n) is 6.69. The van der Waals surface area contributed by atoms with Crippen molar-refractivity contribution < 1.29 is 9.66 Å². The second-order valence-corrected chi connectivity index (χ2v) is 4.99. The zero-order chi connectivity index (χ0) is 14.5. The molecule has 0 bridgehead atoms. The van der Waals surface area contributed by atoms with Gasteiger partial charge in [0.15, 0.2) is 0 Å². The van der Waals surface area contributed by atoms with Crippen molar-refractivity contribution in [2.45, 2.75) is 38.8 Å². The Hall–Kier alpha value is -1.96. The first-order chi connectivity index (χ1) is 9.58. The van der Waals surface area contributed by atoms with E-state index in [1.807, 2.05) is 13.8 Å². The first-order valence-corrected chi connectivity index (χ1v) is 6.69. The van der Waals surface area contributed by atoms with E-state index in [2.05, 4.69) is 20.6 Å². The van der Waals surface area contributed by atoms with Crippen LogP contribution >= 0.6 is 0 Å². The predicted molar refractivity (Wildman–Crippen MR) is 74.9 cm³/mol. The normalized spacial score (nSPS) is 18.2. The van der Waals surface area contributed by atoms with Crippen molar-refractivity contribution in [1.82, 2.24) is 9.97 Å². The number of anilines is 2. The molecule has 0 saturated carbocycles. The van der Waals surface area contributed by atoms with Gasteiger partial charge in [0.1, 0.15) is 6.33 Å². The van der Waals surface area contributed by atoms with Gasteiger partial charge in [0.05, 0.1) is 11.0 Å². The van der Waals surface area contributed by atoms with Crippen molar-refractivity contribution in [3.8, 4) is 0 Å². The van der Waals surface area contributed by atoms with E-state index in [9.17, 15) is 10.1 Å². The maximum absolute atomic E-state index is 11.2. The molecule has 1 aromatic rings. The third-order valence-electron chi connectivity index (χ3n) is 2.95. The van der Waals surface area contributed by atoms with Gasteiger partial charge in [0, 0.05) is 19.2 Å². The number of nitrogens with zero attached hydrogens (tertiary/aromatic N) is 3. The van der Waals surface area contributed by atoms with Gasteiger partial charge in [0.25, 0.3) is 0 Å². The summed E-state index contributed by atoms with van der Waals surface area (Å²) < 4.78 is 5.48.